The number of carbonyl (C=O) groups is 1. The third-order valence-corrected chi connectivity index (χ3v) is 12.3. The van der Waals surface area contributed by atoms with Gasteiger partial charge < -0.3 is 10.2 Å². The molecule has 0 aliphatic heterocycles. The standard InChI is InChI=1S/C29H48O7S/c1-18(2)14-19(30)16-29(7,32)23-10-13-26(4)22-15-24(31)28(6)17-20(36-37(33,34)35)8-11-25(28,3)21(22)9-12-27(23,26)5/h9,18,20,22-24,31-32H,8,10-17H2,1-7H3,(H,33,34,35)/t20-,22+,23-,24-,25+,26-,27+,28+,29-/m0/s1. The van der Waals surface area contributed by atoms with E-state index < -0.39 is 33.6 Å². The molecule has 7 nitrogen and oxygen atoms in total. The van der Waals surface area contributed by atoms with Crippen molar-refractivity contribution < 1.29 is 32.2 Å². The van der Waals surface area contributed by atoms with Crippen molar-refractivity contribution in [3.05, 3.63) is 11.6 Å². The van der Waals surface area contributed by atoms with Crippen molar-refractivity contribution in [1.29, 1.82) is 0 Å². The van der Waals surface area contributed by atoms with Crippen LogP contribution in [0.4, 0.5) is 0 Å². The molecule has 9 atom stereocenters. The third-order valence-electron chi connectivity index (χ3n) is 11.8. The minimum Gasteiger partial charge on any atom is -0.393 e. The van der Waals surface area contributed by atoms with Crippen molar-refractivity contribution in [1.82, 2.24) is 0 Å². The molecule has 0 unspecified atom stereocenters. The summed E-state index contributed by atoms with van der Waals surface area (Å²) in [4.78, 5) is 12.7. The molecule has 0 bridgehead atoms. The lowest BCUT2D eigenvalue weighted by molar-refractivity contribution is -0.161. The number of allylic oxidation sites excluding steroid dienone is 2. The van der Waals surface area contributed by atoms with Gasteiger partial charge in [0.1, 0.15) is 5.78 Å². The molecule has 212 valence electrons. The van der Waals surface area contributed by atoms with Crippen molar-refractivity contribution in [2.45, 2.75) is 124 Å². The van der Waals surface area contributed by atoms with Crippen LogP contribution in [0.25, 0.3) is 0 Å². The fourth-order valence-corrected chi connectivity index (χ4v) is 10.0. The molecule has 8 heteroatoms. The van der Waals surface area contributed by atoms with Crippen LogP contribution in [-0.4, -0.2) is 46.8 Å². The molecular weight excluding hydrogens is 492 g/mol. The average molecular weight is 541 g/mol. The minimum atomic E-state index is -4.56. The van der Waals surface area contributed by atoms with E-state index in [1.807, 2.05) is 27.7 Å². The lowest BCUT2D eigenvalue weighted by atomic mass is 9.39. The fourth-order valence-electron chi connectivity index (χ4n) is 9.50. The average Bonchev–Trinajstić information content (AvgIpc) is 3.00. The van der Waals surface area contributed by atoms with Gasteiger partial charge >= 0.3 is 10.4 Å². The zero-order valence-electron chi connectivity index (χ0n) is 23.7. The summed E-state index contributed by atoms with van der Waals surface area (Å²) in [6, 6.07) is 0. The first-order chi connectivity index (χ1) is 16.8. The molecule has 4 rings (SSSR count). The van der Waals surface area contributed by atoms with Gasteiger partial charge in [-0.1, -0.05) is 53.2 Å². The normalized spacial score (nSPS) is 45.4. The maximum Gasteiger partial charge on any atom is 0.397 e. The van der Waals surface area contributed by atoms with Gasteiger partial charge in [-0.15, -0.1) is 0 Å². The smallest absolute Gasteiger partial charge is 0.393 e. The molecular formula is C29H48O7S. The van der Waals surface area contributed by atoms with Crippen molar-refractivity contribution in [3.8, 4) is 0 Å². The first-order valence-corrected chi connectivity index (χ1v) is 15.4. The van der Waals surface area contributed by atoms with Crippen LogP contribution in [0.1, 0.15) is 106 Å². The second-order valence-corrected chi connectivity index (χ2v) is 15.5. The minimum absolute atomic E-state index is 0.0175. The van der Waals surface area contributed by atoms with E-state index >= 15 is 0 Å². The van der Waals surface area contributed by atoms with Crippen molar-refractivity contribution in [2.75, 3.05) is 0 Å². The van der Waals surface area contributed by atoms with Gasteiger partial charge in [-0.05, 0) is 85.9 Å². The molecule has 0 amide bonds. The Bertz CT molecular complexity index is 1060. The number of fused-ring (bicyclic) bond motifs is 5. The molecule has 0 aromatic rings. The van der Waals surface area contributed by atoms with Crippen LogP contribution in [0.5, 0.6) is 0 Å². The van der Waals surface area contributed by atoms with Gasteiger partial charge in [0.05, 0.1) is 17.8 Å². The summed E-state index contributed by atoms with van der Waals surface area (Å²) in [5, 5.41) is 23.3. The molecule has 0 heterocycles. The second kappa shape index (κ2) is 9.12. The Morgan fingerprint density at radius 2 is 1.78 bits per heavy atom. The number of ketones is 1. The van der Waals surface area contributed by atoms with E-state index in [9.17, 15) is 28.0 Å². The van der Waals surface area contributed by atoms with Crippen molar-refractivity contribution >= 4 is 16.2 Å². The van der Waals surface area contributed by atoms with Crippen LogP contribution in [0.2, 0.25) is 0 Å². The Morgan fingerprint density at radius 1 is 1.14 bits per heavy atom. The van der Waals surface area contributed by atoms with Crippen molar-refractivity contribution in [3.63, 3.8) is 0 Å². The van der Waals surface area contributed by atoms with Gasteiger partial charge in [0.2, 0.25) is 0 Å². The number of hydrogen-bond acceptors (Lipinski definition) is 6. The highest BCUT2D eigenvalue weighted by Crippen LogP contribution is 2.74. The van der Waals surface area contributed by atoms with Gasteiger partial charge in [-0.2, -0.15) is 8.42 Å². The van der Waals surface area contributed by atoms with Gasteiger partial charge in [0.15, 0.2) is 0 Å². The summed E-state index contributed by atoms with van der Waals surface area (Å²) in [5.74, 6) is 0.510. The molecule has 0 aromatic heterocycles. The van der Waals surface area contributed by atoms with Gasteiger partial charge in [-0.25, -0.2) is 4.18 Å². The van der Waals surface area contributed by atoms with E-state index in [4.69, 9.17) is 4.18 Å². The molecule has 4 aliphatic rings. The predicted molar refractivity (Wildman–Crippen MR) is 142 cm³/mol. The number of rotatable bonds is 7. The number of Topliss-reactive ketones (excluding diaryl/α,β-unsaturated/α-hetero) is 1. The van der Waals surface area contributed by atoms with Gasteiger partial charge in [-0.3, -0.25) is 9.35 Å². The highest BCUT2D eigenvalue weighted by atomic mass is 32.3. The zero-order valence-corrected chi connectivity index (χ0v) is 24.5. The summed E-state index contributed by atoms with van der Waals surface area (Å²) < 4.78 is 37.0. The lowest BCUT2D eigenvalue weighted by Gasteiger charge is -2.66. The third kappa shape index (κ3) is 4.56. The summed E-state index contributed by atoms with van der Waals surface area (Å²) in [5.41, 5.74) is -0.993. The predicted octanol–water partition coefficient (Wildman–Crippen LogP) is 5.26. The zero-order chi connectivity index (χ0) is 27.8. The van der Waals surface area contributed by atoms with E-state index in [1.165, 1.54) is 5.57 Å². The molecule has 0 aromatic carbocycles. The highest BCUT2D eigenvalue weighted by molar-refractivity contribution is 7.80. The maximum absolute atomic E-state index is 12.7. The first-order valence-electron chi connectivity index (χ1n) is 14.1. The Kier molecular flexibility index (Phi) is 7.19. The lowest BCUT2D eigenvalue weighted by Crippen LogP contribution is -2.62. The molecule has 3 N–H and O–H groups in total. The largest absolute Gasteiger partial charge is 0.397 e. The van der Waals surface area contributed by atoms with Crippen LogP contribution >= 0.6 is 0 Å². The van der Waals surface area contributed by atoms with Crippen LogP contribution in [0.15, 0.2) is 11.6 Å². The molecule has 4 aliphatic carbocycles. The number of carbonyl (C=O) groups excluding carboxylic acids is 1. The molecule has 37 heavy (non-hydrogen) atoms. The summed E-state index contributed by atoms with van der Waals surface area (Å²) in [6.45, 7) is 14.7. The Labute approximate surface area is 223 Å². The van der Waals surface area contributed by atoms with E-state index in [0.717, 1.165) is 19.3 Å². The van der Waals surface area contributed by atoms with E-state index in [0.29, 0.717) is 32.1 Å². The van der Waals surface area contributed by atoms with Crippen LogP contribution in [0.3, 0.4) is 0 Å². The molecule has 0 spiro atoms. The number of aliphatic hydroxyl groups excluding tert-OH is 1. The molecule has 3 saturated carbocycles. The van der Waals surface area contributed by atoms with Crippen LogP contribution in [-0.2, 0) is 19.4 Å². The molecule has 0 saturated heterocycles. The van der Waals surface area contributed by atoms with Crippen LogP contribution in [0, 0.1) is 39.4 Å². The van der Waals surface area contributed by atoms with Gasteiger partial charge in [0, 0.05) is 18.3 Å². The maximum atomic E-state index is 12.7. The molecule has 3 fully saturated rings. The van der Waals surface area contributed by atoms with Gasteiger partial charge in [0.25, 0.3) is 0 Å². The highest BCUT2D eigenvalue weighted by Gasteiger charge is 2.69. The number of hydrogen-bond donors (Lipinski definition) is 3. The fraction of sp³-hybridized carbons (Fsp3) is 0.897. The van der Waals surface area contributed by atoms with E-state index in [1.54, 1.807) is 0 Å². The van der Waals surface area contributed by atoms with E-state index in [2.05, 4.69) is 26.8 Å². The Morgan fingerprint density at radius 3 is 2.38 bits per heavy atom. The first kappa shape index (κ1) is 29.2. The van der Waals surface area contributed by atoms with E-state index in [-0.39, 0.29) is 46.2 Å². The summed E-state index contributed by atoms with van der Waals surface area (Å²) >= 11 is 0. The Balaban J connectivity index is 1.66. The Hall–Kier alpha value is -0.800. The van der Waals surface area contributed by atoms with Crippen LogP contribution < -0.4 is 0 Å². The summed E-state index contributed by atoms with van der Waals surface area (Å²) in [7, 11) is -4.56. The summed E-state index contributed by atoms with van der Waals surface area (Å²) in [6.07, 6.45) is 6.38. The monoisotopic (exact) mass is 540 g/mol. The number of aliphatic hydroxyl groups is 2. The van der Waals surface area contributed by atoms with Crippen molar-refractivity contribution in [2.24, 2.45) is 39.4 Å². The quantitative estimate of drug-likeness (QED) is 0.297. The SMILES string of the molecule is CC(C)CC(=O)C[C@](C)(O)[C@H]1CC[C@@]2(C)[C@@H]3C[C@H](O)[C@@]4(C)C[C@@H](OS(=O)(=O)O)CC[C@]4(C)C3=CC[C@]12C. The second-order valence-electron chi connectivity index (χ2n) is 14.4. The molecule has 0 radical (unpaired) electrons. The topological polar surface area (TPSA) is 121 Å².